The highest BCUT2D eigenvalue weighted by molar-refractivity contribution is 5.85. The summed E-state index contributed by atoms with van der Waals surface area (Å²) in [7, 11) is 0. The molecular formula is C5H13ClN2O. The van der Waals surface area contributed by atoms with Gasteiger partial charge in [0.2, 0.25) is 0 Å². The average Bonchev–Trinajstić information content (AvgIpc) is 1.60. The molecule has 0 aromatic heterocycles. The van der Waals surface area contributed by atoms with Gasteiger partial charge in [0.15, 0.2) is 0 Å². The van der Waals surface area contributed by atoms with E-state index in [1.165, 1.54) is 0 Å². The minimum absolute atomic E-state index is 0. The minimum Gasteiger partial charge on any atom is -0.390 e. The van der Waals surface area contributed by atoms with E-state index < -0.39 is 5.60 Å². The second-order valence-electron chi connectivity index (χ2n) is 2.77. The molecule has 1 saturated carbocycles. The zero-order chi connectivity index (χ0) is 6.20. The fourth-order valence-electron chi connectivity index (χ4n) is 1.12. The number of halogens is 1. The van der Waals surface area contributed by atoms with Crippen molar-refractivity contribution in [3.63, 3.8) is 0 Å². The van der Waals surface area contributed by atoms with Crippen LogP contribution in [0.3, 0.4) is 0 Å². The molecule has 1 aliphatic rings. The molecule has 1 aliphatic carbocycles. The Kier molecular flexibility index (Phi) is 2.89. The predicted molar refractivity (Wildman–Crippen MR) is 38.2 cm³/mol. The van der Waals surface area contributed by atoms with Gasteiger partial charge >= 0.3 is 0 Å². The molecule has 0 aromatic carbocycles. The summed E-state index contributed by atoms with van der Waals surface area (Å²) >= 11 is 0. The summed E-state index contributed by atoms with van der Waals surface area (Å²) in [5, 5.41) is 9.12. The molecule has 56 valence electrons. The largest absolute Gasteiger partial charge is 0.390 e. The van der Waals surface area contributed by atoms with Crippen LogP contribution in [0.5, 0.6) is 0 Å². The van der Waals surface area contributed by atoms with Gasteiger partial charge in [-0.05, 0) is 19.8 Å². The molecule has 1 rings (SSSR count). The number of aliphatic hydroxyl groups is 1. The predicted octanol–water partition coefficient (Wildman–Crippen LogP) is -0.215. The Morgan fingerprint density at radius 1 is 1.67 bits per heavy atom. The summed E-state index contributed by atoms with van der Waals surface area (Å²) in [5.41, 5.74) is 2.15. The average molecular weight is 153 g/mol. The standard InChI is InChI=1S/C5H12N2O.ClH/c1-5(8)2-4(3-5)7-6;/h4,7-8H,2-3,6H2,1H3;1H. The maximum absolute atomic E-state index is 9.12. The summed E-state index contributed by atoms with van der Waals surface area (Å²) in [6.45, 7) is 1.82. The van der Waals surface area contributed by atoms with Crippen molar-refractivity contribution in [1.82, 2.24) is 5.43 Å². The first kappa shape index (κ1) is 9.17. The second kappa shape index (κ2) is 2.84. The summed E-state index contributed by atoms with van der Waals surface area (Å²) in [5.74, 6) is 5.09. The van der Waals surface area contributed by atoms with Gasteiger partial charge < -0.3 is 5.11 Å². The number of hydrogen-bond acceptors (Lipinski definition) is 3. The van der Waals surface area contributed by atoms with E-state index in [9.17, 15) is 0 Å². The molecule has 0 bridgehead atoms. The molecule has 0 heterocycles. The Morgan fingerprint density at radius 3 is 2.22 bits per heavy atom. The van der Waals surface area contributed by atoms with E-state index in [1.54, 1.807) is 0 Å². The number of hydrazine groups is 1. The van der Waals surface area contributed by atoms with Crippen LogP contribution in [0.4, 0.5) is 0 Å². The van der Waals surface area contributed by atoms with E-state index in [-0.39, 0.29) is 12.4 Å². The first-order valence-electron chi connectivity index (χ1n) is 2.82. The van der Waals surface area contributed by atoms with Crippen molar-refractivity contribution in [2.75, 3.05) is 0 Å². The molecular weight excluding hydrogens is 140 g/mol. The summed E-state index contributed by atoms with van der Waals surface area (Å²) in [6, 6.07) is 0.338. The van der Waals surface area contributed by atoms with E-state index >= 15 is 0 Å². The maximum atomic E-state index is 9.12. The van der Waals surface area contributed by atoms with E-state index in [1.807, 2.05) is 6.92 Å². The first-order chi connectivity index (χ1) is 3.64. The second-order valence-corrected chi connectivity index (χ2v) is 2.77. The third kappa shape index (κ3) is 2.10. The molecule has 4 N–H and O–H groups in total. The van der Waals surface area contributed by atoms with Crippen molar-refractivity contribution < 1.29 is 5.11 Å². The minimum atomic E-state index is -0.447. The van der Waals surface area contributed by atoms with Crippen molar-refractivity contribution in [3.05, 3.63) is 0 Å². The maximum Gasteiger partial charge on any atom is 0.0650 e. The Balaban J connectivity index is 0.000000640. The van der Waals surface area contributed by atoms with Gasteiger partial charge in [0.1, 0.15) is 0 Å². The van der Waals surface area contributed by atoms with Crippen LogP contribution in [-0.4, -0.2) is 16.7 Å². The van der Waals surface area contributed by atoms with E-state index in [0.29, 0.717) is 6.04 Å². The van der Waals surface area contributed by atoms with Gasteiger partial charge in [0.05, 0.1) is 5.60 Å². The van der Waals surface area contributed by atoms with Gasteiger partial charge in [-0.1, -0.05) is 0 Å². The zero-order valence-corrected chi connectivity index (χ0v) is 6.24. The van der Waals surface area contributed by atoms with Crippen LogP contribution in [0.2, 0.25) is 0 Å². The highest BCUT2D eigenvalue weighted by Crippen LogP contribution is 2.30. The quantitative estimate of drug-likeness (QED) is 0.360. The summed E-state index contributed by atoms with van der Waals surface area (Å²) in [6.07, 6.45) is 1.56. The Labute approximate surface area is 61.0 Å². The summed E-state index contributed by atoms with van der Waals surface area (Å²) in [4.78, 5) is 0. The van der Waals surface area contributed by atoms with Crippen molar-refractivity contribution >= 4 is 12.4 Å². The Morgan fingerprint density at radius 2 is 2.11 bits per heavy atom. The lowest BCUT2D eigenvalue weighted by Gasteiger charge is -2.40. The highest BCUT2D eigenvalue weighted by Gasteiger charge is 2.37. The molecule has 0 aliphatic heterocycles. The van der Waals surface area contributed by atoms with Crippen molar-refractivity contribution in [2.24, 2.45) is 5.84 Å². The van der Waals surface area contributed by atoms with Gasteiger partial charge in [-0.15, -0.1) is 12.4 Å². The van der Waals surface area contributed by atoms with E-state index in [4.69, 9.17) is 10.9 Å². The molecule has 9 heavy (non-hydrogen) atoms. The van der Waals surface area contributed by atoms with Crippen LogP contribution < -0.4 is 11.3 Å². The molecule has 0 aromatic rings. The topological polar surface area (TPSA) is 58.3 Å². The van der Waals surface area contributed by atoms with Gasteiger partial charge in [-0.25, -0.2) is 0 Å². The molecule has 0 unspecified atom stereocenters. The molecule has 0 saturated heterocycles. The zero-order valence-electron chi connectivity index (χ0n) is 5.42. The molecule has 3 nitrogen and oxygen atoms in total. The van der Waals surface area contributed by atoms with Crippen LogP contribution in [0, 0.1) is 0 Å². The Bertz CT molecular complexity index is 89.0. The lowest BCUT2D eigenvalue weighted by atomic mass is 9.78. The molecule has 0 spiro atoms. The van der Waals surface area contributed by atoms with Crippen LogP contribution in [0.25, 0.3) is 0 Å². The van der Waals surface area contributed by atoms with Crippen molar-refractivity contribution in [2.45, 2.75) is 31.4 Å². The Hall–Kier alpha value is 0.170. The number of nitrogens with one attached hydrogen (secondary N) is 1. The molecule has 0 atom stereocenters. The van der Waals surface area contributed by atoms with Crippen molar-refractivity contribution in [1.29, 1.82) is 0 Å². The van der Waals surface area contributed by atoms with Gasteiger partial charge in [0, 0.05) is 6.04 Å². The SMILES string of the molecule is CC1(O)CC(NN)C1.Cl. The van der Waals surface area contributed by atoms with Crippen molar-refractivity contribution in [3.8, 4) is 0 Å². The monoisotopic (exact) mass is 152 g/mol. The summed E-state index contributed by atoms with van der Waals surface area (Å²) < 4.78 is 0. The smallest absolute Gasteiger partial charge is 0.0650 e. The highest BCUT2D eigenvalue weighted by atomic mass is 35.5. The van der Waals surface area contributed by atoms with Gasteiger partial charge in [0.25, 0.3) is 0 Å². The van der Waals surface area contributed by atoms with Crippen LogP contribution in [0.15, 0.2) is 0 Å². The number of hydrogen-bond donors (Lipinski definition) is 3. The molecule has 0 amide bonds. The van der Waals surface area contributed by atoms with Crippen LogP contribution >= 0.6 is 12.4 Å². The third-order valence-corrected chi connectivity index (χ3v) is 1.61. The normalized spacial score (nSPS) is 41.0. The number of nitrogens with two attached hydrogens (primary N) is 1. The fourth-order valence-corrected chi connectivity index (χ4v) is 1.12. The molecule has 4 heteroatoms. The molecule has 1 fully saturated rings. The number of rotatable bonds is 1. The van der Waals surface area contributed by atoms with Gasteiger partial charge in [-0.3, -0.25) is 11.3 Å². The lowest BCUT2D eigenvalue weighted by molar-refractivity contribution is -0.0388. The first-order valence-corrected chi connectivity index (χ1v) is 2.82. The lowest BCUT2D eigenvalue weighted by Crippen LogP contribution is -2.53. The van der Waals surface area contributed by atoms with E-state index in [2.05, 4.69) is 5.43 Å². The van der Waals surface area contributed by atoms with Crippen LogP contribution in [0.1, 0.15) is 19.8 Å². The fraction of sp³-hybridized carbons (Fsp3) is 1.00. The third-order valence-electron chi connectivity index (χ3n) is 1.61. The van der Waals surface area contributed by atoms with Crippen LogP contribution in [-0.2, 0) is 0 Å². The molecule has 0 radical (unpaired) electrons. The van der Waals surface area contributed by atoms with Gasteiger partial charge in [-0.2, -0.15) is 0 Å². The van der Waals surface area contributed by atoms with E-state index in [0.717, 1.165) is 12.8 Å².